The first-order valence-corrected chi connectivity index (χ1v) is 12.2. The van der Waals surface area contributed by atoms with Crippen molar-refractivity contribution in [2.75, 3.05) is 6.61 Å². The Morgan fingerprint density at radius 1 is 0.660 bits per heavy atom. The van der Waals surface area contributed by atoms with Crippen LogP contribution < -0.4 is 14.2 Å². The van der Waals surface area contributed by atoms with Crippen LogP contribution in [0.25, 0.3) is 0 Å². The molecule has 0 heterocycles. The monoisotopic (exact) mass is 738 g/mol. The van der Waals surface area contributed by atoms with E-state index in [-0.39, 0.29) is 17.5 Å². The van der Waals surface area contributed by atoms with Crippen LogP contribution in [-0.4, -0.2) is 66.8 Å². The molecule has 0 aliphatic rings. The van der Waals surface area contributed by atoms with E-state index >= 15 is 0 Å². The fourth-order valence-electron chi connectivity index (χ4n) is 2.78. The minimum Gasteiger partial charge on any atom is -0.492 e. The van der Waals surface area contributed by atoms with E-state index < -0.39 is 66.3 Å². The third kappa shape index (κ3) is 9.36. The van der Waals surface area contributed by atoms with E-state index in [0.29, 0.717) is 30.0 Å². The van der Waals surface area contributed by atoms with E-state index in [1.165, 1.54) is 24.3 Å². The molecule has 0 fully saturated rings. The molecule has 2 aromatic rings. The van der Waals surface area contributed by atoms with Crippen LogP contribution in [0, 0.1) is 0 Å². The Morgan fingerprint density at radius 2 is 1.13 bits per heavy atom. The van der Waals surface area contributed by atoms with Crippen molar-refractivity contribution in [3.8, 4) is 17.2 Å². The predicted octanol–water partition coefficient (Wildman–Crippen LogP) is 8.82. The molecule has 2 rings (SSSR count). The van der Waals surface area contributed by atoms with E-state index in [2.05, 4.69) is 9.47 Å². The molecule has 0 aromatic heterocycles. The average molecular weight is 739 g/mol. The van der Waals surface area contributed by atoms with Gasteiger partial charge in [-0.3, -0.25) is 4.74 Å². The third-order valence-corrected chi connectivity index (χ3v) is 5.21. The number of carbonyl (C=O) groups is 1. The first-order valence-electron chi connectivity index (χ1n) is 11.8. The van der Waals surface area contributed by atoms with Crippen LogP contribution in [0.2, 0.25) is 0 Å². The van der Waals surface area contributed by atoms with Gasteiger partial charge < -0.3 is 14.2 Å². The van der Waals surface area contributed by atoms with Crippen molar-refractivity contribution in [1.82, 2.24) is 0 Å². The van der Waals surface area contributed by atoms with E-state index in [0.717, 1.165) is 0 Å². The van der Waals surface area contributed by atoms with Crippen molar-refractivity contribution in [1.29, 1.82) is 0 Å². The molecule has 47 heavy (non-hydrogen) atoms. The molecular weight excluding hydrogens is 724 g/mol. The maximum absolute atomic E-state index is 13.9. The highest BCUT2D eigenvalue weighted by Crippen LogP contribution is 2.56. The van der Waals surface area contributed by atoms with E-state index in [1.54, 1.807) is 11.7 Å². The lowest BCUT2D eigenvalue weighted by atomic mass is 10.1. The Balaban J connectivity index is 2.19. The molecule has 0 saturated heterocycles. The summed E-state index contributed by atoms with van der Waals surface area (Å²) in [4.78, 5) is 12.3. The van der Waals surface area contributed by atoms with Gasteiger partial charge in [0.05, 0.1) is 10.9 Å². The van der Waals surface area contributed by atoms with Crippen molar-refractivity contribution in [3.05, 3.63) is 54.1 Å². The van der Waals surface area contributed by atoms with Crippen molar-refractivity contribution < 1.29 is 98.7 Å². The zero-order valence-corrected chi connectivity index (χ0v) is 23.1. The molecule has 23 heteroatoms. The number of esters is 1. The summed E-state index contributed by atoms with van der Waals surface area (Å²) >= 11 is 5.73. The second kappa shape index (κ2) is 13.6. The van der Waals surface area contributed by atoms with Crippen LogP contribution in [0.15, 0.2) is 48.5 Å². The van der Waals surface area contributed by atoms with Crippen molar-refractivity contribution in [2.24, 2.45) is 0 Å². The summed E-state index contributed by atoms with van der Waals surface area (Å²) in [7, 11) is 0. The van der Waals surface area contributed by atoms with Gasteiger partial charge in [0.2, 0.25) is 0 Å². The first-order chi connectivity index (χ1) is 21.0. The lowest BCUT2D eigenvalue weighted by Gasteiger charge is -2.36. The van der Waals surface area contributed by atoms with Gasteiger partial charge in [0, 0.05) is 0 Å². The SMILES string of the molecule is C[C@H](Cl)COc1ccc(C(=O)Oc2ccc(OC(OC(F)(F)C(F)(F)OC(F)(F)C(F)(F)C(F)(F)C(F)(F)F)C(F)(F)F)cc2)cc1. The molecule has 0 bridgehead atoms. The van der Waals surface area contributed by atoms with Crippen LogP contribution in [0.1, 0.15) is 17.3 Å². The minimum absolute atomic E-state index is 0.0852. The Labute approximate surface area is 256 Å². The maximum atomic E-state index is 13.9. The minimum atomic E-state index is -8.01. The summed E-state index contributed by atoms with van der Waals surface area (Å²) in [5.41, 5.74) is -0.0852. The number of alkyl halides is 17. The normalized spacial score (nSPS) is 15.2. The zero-order valence-electron chi connectivity index (χ0n) is 22.4. The molecular formula is C24H15ClF16O6. The zero-order chi connectivity index (χ0) is 36.4. The molecule has 0 aliphatic heterocycles. The molecule has 0 radical (unpaired) electrons. The quantitative estimate of drug-likeness (QED) is 0.0635. The smallest absolute Gasteiger partial charge is 0.460 e. The van der Waals surface area contributed by atoms with E-state index in [9.17, 15) is 75.0 Å². The van der Waals surface area contributed by atoms with Crippen LogP contribution in [0.4, 0.5) is 70.2 Å². The molecule has 0 spiro atoms. The summed E-state index contributed by atoms with van der Waals surface area (Å²) in [5.74, 6) is -18.3. The van der Waals surface area contributed by atoms with Crippen LogP contribution in [-0.2, 0) is 9.47 Å². The van der Waals surface area contributed by atoms with Gasteiger partial charge >= 0.3 is 54.8 Å². The second-order valence-corrected chi connectivity index (χ2v) is 9.63. The first kappa shape index (κ1) is 39.8. The van der Waals surface area contributed by atoms with Crippen LogP contribution in [0.5, 0.6) is 17.2 Å². The molecule has 0 saturated carbocycles. The Morgan fingerprint density at radius 3 is 1.57 bits per heavy atom. The Kier molecular flexibility index (Phi) is 11.5. The lowest BCUT2D eigenvalue weighted by Crippen LogP contribution is -2.64. The Hall–Kier alpha value is -3.40. The largest absolute Gasteiger partial charge is 0.492 e. The highest BCUT2D eigenvalue weighted by Gasteiger charge is 2.85. The number of benzene rings is 2. The molecule has 2 atom stereocenters. The van der Waals surface area contributed by atoms with Gasteiger partial charge in [0.1, 0.15) is 23.9 Å². The van der Waals surface area contributed by atoms with Gasteiger partial charge in [0.25, 0.3) is 0 Å². The number of ether oxygens (including phenoxy) is 5. The van der Waals surface area contributed by atoms with Crippen molar-refractivity contribution in [2.45, 2.75) is 61.1 Å². The highest BCUT2D eigenvalue weighted by molar-refractivity contribution is 6.20. The van der Waals surface area contributed by atoms with Crippen LogP contribution in [0.3, 0.4) is 0 Å². The molecule has 266 valence electrons. The summed E-state index contributed by atoms with van der Waals surface area (Å²) in [6.45, 7) is 1.76. The number of carbonyl (C=O) groups excluding carboxylic acids is 1. The number of halogens is 17. The summed E-state index contributed by atoms with van der Waals surface area (Å²) in [6, 6.07) is 7.37. The third-order valence-electron chi connectivity index (χ3n) is 5.08. The standard InChI is InChI=1S/C24H15ClF16O6/c1-11(25)10-43-13-4-2-12(3-5-13)16(42)44-14-6-8-15(9-7-14)45-17(18(26,27)28)46-23(38,39)24(40,41)47-22(36,37)20(31,32)19(29,30)21(33,34)35/h2-9,11,17H,10H2,1H3/t11-,17?/m0/s1. The molecule has 0 amide bonds. The number of rotatable bonds is 14. The highest BCUT2D eigenvalue weighted by atomic mass is 35.5. The average Bonchev–Trinajstić information content (AvgIpc) is 2.90. The molecule has 0 aliphatic carbocycles. The maximum Gasteiger partial charge on any atom is 0.460 e. The molecule has 1 unspecified atom stereocenters. The van der Waals surface area contributed by atoms with Gasteiger partial charge in [-0.2, -0.15) is 70.2 Å². The summed E-state index contributed by atoms with van der Waals surface area (Å²) in [5, 5.41) is -0.345. The van der Waals surface area contributed by atoms with Crippen LogP contribution >= 0.6 is 11.6 Å². The lowest BCUT2D eigenvalue weighted by molar-refractivity contribution is -0.536. The fourth-order valence-corrected chi connectivity index (χ4v) is 2.84. The predicted molar refractivity (Wildman–Crippen MR) is 122 cm³/mol. The van der Waals surface area contributed by atoms with Crippen molar-refractivity contribution >= 4 is 17.6 Å². The Bertz CT molecular complexity index is 1350. The van der Waals surface area contributed by atoms with Gasteiger partial charge in [-0.25, -0.2) is 9.53 Å². The van der Waals surface area contributed by atoms with Gasteiger partial charge in [-0.15, -0.1) is 11.6 Å². The second-order valence-electron chi connectivity index (χ2n) is 8.89. The number of hydrogen-bond donors (Lipinski definition) is 0. The summed E-state index contributed by atoms with van der Waals surface area (Å²) in [6.07, 6.45) is -40.8. The molecule has 2 aromatic carbocycles. The van der Waals surface area contributed by atoms with Gasteiger partial charge in [0.15, 0.2) is 0 Å². The van der Waals surface area contributed by atoms with Gasteiger partial charge in [-0.1, -0.05) is 0 Å². The van der Waals surface area contributed by atoms with E-state index in [4.69, 9.17) is 21.1 Å². The summed E-state index contributed by atoms with van der Waals surface area (Å²) < 4.78 is 228. The fraction of sp³-hybridized carbons (Fsp3) is 0.458. The van der Waals surface area contributed by atoms with Crippen molar-refractivity contribution in [3.63, 3.8) is 0 Å². The van der Waals surface area contributed by atoms with Gasteiger partial charge in [-0.05, 0) is 55.5 Å². The molecule has 0 N–H and O–H groups in total. The topological polar surface area (TPSA) is 63.2 Å². The molecule has 6 nitrogen and oxygen atoms in total. The van der Waals surface area contributed by atoms with E-state index in [1.807, 2.05) is 0 Å². The number of hydrogen-bond acceptors (Lipinski definition) is 6.